The number of carbonyl (C=O) groups is 2. The monoisotopic (exact) mass is 419 g/mol. The fourth-order valence-electron chi connectivity index (χ4n) is 3.24. The smallest absolute Gasteiger partial charge is 0.254 e. The molecular formula is C20H25N3O5S. The molecule has 1 saturated heterocycles. The van der Waals surface area contributed by atoms with Crippen LogP contribution in [0.25, 0.3) is 0 Å². The zero-order valence-corrected chi connectivity index (χ0v) is 17.1. The van der Waals surface area contributed by atoms with Gasteiger partial charge in [-0.3, -0.25) is 9.59 Å². The maximum Gasteiger partial charge on any atom is 0.254 e. The van der Waals surface area contributed by atoms with Crippen LogP contribution in [0.15, 0.2) is 46.1 Å². The van der Waals surface area contributed by atoms with Crippen LogP contribution < -0.4 is 10.6 Å². The Morgan fingerprint density at radius 1 is 1.10 bits per heavy atom. The van der Waals surface area contributed by atoms with Crippen molar-refractivity contribution in [3.63, 3.8) is 0 Å². The summed E-state index contributed by atoms with van der Waals surface area (Å²) in [4.78, 5) is 24.2. The van der Waals surface area contributed by atoms with Gasteiger partial charge in [-0.2, -0.15) is 4.31 Å². The van der Waals surface area contributed by atoms with Gasteiger partial charge >= 0.3 is 0 Å². The number of carbonyl (C=O) groups excluding carboxylic acids is 2. The number of anilines is 1. The zero-order valence-electron chi connectivity index (χ0n) is 16.3. The highest BCUT2D eigenvalue weighted by Crippen LogP contribution is 2.25. The van der Waals surface area contributed by atoms with E-state index in [0.717, 1.165) is 25.7 Å². The summed E-state index contributed by atoms with van der Waals surface area (Å²) in [6.45, 7) is 2.52. The van der Waals surface area contributed by atoms with Gasteiger partial charge in [0.05, 0.1) is 23.3 Å². The van der Waals surface area contributed by atoms with Gasteiger partial charge in [-0.1, -0.05) is 18.9 Å². The molecule has 1 aliphatic heterocycles. The average Bonchev–Trinajstić information content (AvgIpc) is 3.09. The van der Waals surface area contributed by atoms with E-state index in [9.17, 15) is 18.0 Å². The number of aryl methyl sites for hydroxylation is 1. The maximum absolute atomic E-state index is 13.1. The van der Waals surface area contributed by atoms with Crippen molar-refractivity contribution < 1.29 is 22.4 Å². The predicted molar refractivity (Wildman–Crippen MR) is 108 cm³/mol. The van der Waals surface area contributed by atoms with Crippen LogP contribution in [0.4, 0.5) is 5.69 Å². The molecule has 2 N–H and O–H groups in total. The molecule has 3 rings (SSSR count). The standard InChI is InChI=1S/C20H25N3O5S/c1-15-6-7-17(22-19(24)13-21-20(25)16-8-11-28-14-16)12-18(15)29(26,27)23-9-4-2-3-5-10-23/h6-8,11-12,14H,2-5,9-10,13H2,1H3,(H,21,25)(H,22,24). The summed E-state index contributed by atoms with van der Waals surface area (Å²) in [6.07, 6.45) is 6.42. The Bertz CT molecular complexity index is 962. The second-order valence-electron chi connectivity index (χ2n) is 7.04. The van der Waals surface area contributed by atoms with Gasteiger partial charge in [-0.15, -0.1) is 0 Å². The van der Waals surface area contributed by atoms with Gasteiger partial charge in [0, 0.05) is 18.8 Å². The first-order chi connectivity index (χ1) is 13.9. The largest absolute Gasteiger partial charge is 0.472 e. The molecule has 1 aliphatic rings. The van der Waals surface area contributed by atoms with Crippen LogP contribution in [0.1, 0.15) is 41.6 Å². The number of benzene rings is 1. The molecule has 29 heavy (non-hydrogen) atoms. The minimum Gasteiger partial charge on any atom is -0.472 e. The first-order valence-electron chi connectivity index (χ1n) is 9.59. The first-order valence-corrected chi connectivity index (χ1v) is 11.0. The molecule has 1 aromatic carbocycles. The van der Waals surface area contributed by atoms with E-state index in [-0.39, 0.29) is 11.4 Å². The van der Waals surface area contributed by atoms with Gasteiger partial charge in [-0.05, 0) is 43.5 Å². The van der Waals surface area contributed by atoms with Crippen LogP contribution in [0, 0.1) is 6.92 Å². The molecule has 0 aliphatic carbocycles. The summed E-state index contributed by atoms with van der Waals surface area (Å²) >= 11 is 0. The van der Waals surface area contributed by atoms with Crippen LogP contribution in [0.3, 0.4) is 0 Å². The number of nitrogens with one attached hydrogen (secondary N) is 2. The van der Waals surface area contributed by atoms with Crippen molar-refractivity contribution in [1.29, 1.82) is 0 Å². The molecule has 2 amide bonds. The summed E-state index contributed by atoms with van der Waals surface area (Å²) < 4.78 is 32.5. The molecular weight excluding hydrogens is 394 g/mol. The van der Waals surface area contributed by atoms with Gasteiger partial charge in [0.25, 0.3) is 5.91 Å². The van der Waals surface area contributed by atoms with E-state index in [1.165, 1.54) is 29.0 Å². The van der Waals surface area contributed by atoms with Crippen LogP contribution in [0.2, 0.25) is 0 Å². The second kappa shape index (κ2) is 9.23. The van der Waals surface area contributed by atoms with Crippen molar-refractivity contribution in [1.82, 2.24) is 9.62 Å². The number of amides is 2. The molecule has 0 spiro atoms. The highest BCUT2D eigenvalue weighted by atomic mass is 32.2. The Morgan fingerprint density at radius 2 is 1.83 bits per heavy atom. The van der Waals surface area contributed by atoms with Crippen molar-refractivity contribution in [3.05, 3.63) is 47.9 Å². The number of furan rings is 1. The van der Waals surface area contributed by atoms with E-state index in [1.54, 1.807) is 19.1 Å². The zero-order chi connectivity index (χ0) is 20.9. The summed E-state index contributed by atoms with van der Waals surface area (Å²) in [5, 5.41) is 5.12. The third-order valence-electron chi connectivity index (χ3n) is 4.85. The van der Waals surface area contributed by atoms with Crippen LogP contribution >= 0.6 is 0 Å². The van der Waals surface area contributed by atoms with Crippen molar-refractivity contribution in [3.8, 4) is 0 Å². The maximum atomic E-state index is 13.1. The summed E-state index contributed by atoms with van der Waals surface area (Å²) in [5.74, 6) is -0.883. The lowest BCUT2D eigenvalue weighted by atomic mass is 10.2. The molecule has 0 radical (unpaired) electrons. The quantitative estimate of drug-likeness (QED) is 0.748. The molecule has 1 aromatic heterocycles. The Balaban J connectivity index is 1.68. The molecule has 1 fully saturated rings. The summed E-state index contributed by atoms with van der Waals surface area (Å²) in [5.41, 5.74) is 1.31. The van der Waals surface area contributed by atoms with Crippen LogP contribution in [0.5, 0.6) is 0 Å². The lowest BCUT2D eigenvalue weighted by molar-refractivity contribution is -0.115. The molecule has 8 nitrogen and oxygen atoms in total. The third-order valence-corrected chi connectivity index (χ3v) is 6.89. The van der Waals surface area contributed by atoms with Gasteiger partial charge in [0.1, 0.15) is 6.26 Å². The minimum absolute atomic E-state index is 0.194. The van der Waals surface area contributed by atoms with E-state index >= 15 is 0 Å². The van der Waals surface area contributed by atoms with Gasteiger partial charge in [0.2, 0.25) is 15.9 Å². The lowest BCUT2D eigenvalue weighted by Gasteiger charge is -2.21. The molecule has 0 unspecified atom stereocenters. The summed E-state index contributed by atoms with van der Waals surface area (Å²) in [6, 6.07) is 6.29. The first kappa shape index (κ1) is 21.1. The third kappa shape index (κ3) is 5.24. The highest BCUT2D eigenvalue weighted by molar-refractivity contribution is 7.89. The van der Waals surface area contributed by atoms with E-state index in [1.807, 2.05) is 0 Å². The molecule has 0 atom stereocenters. The Labute approximate surface area is 170 Å². The number of rotatable bonds is 6. The second-order valence-corrected chi connectivity index (χ2v) is 8.95. The van der Waals surface area contributed by atoms with Crippen LogP contribution in [-0.2, 0) is 14.8 Å². The molecule has 156 valence electrons. The number of sulfonamides is 1. The Hall–Kier alpha value is -2.65. The molecule has 2 heterocycles. The van der Waals surface area contributed by atoms with E-state index in [2.05, 4.69) is 10.6 Å². The topological polar surface area (TPSA) is 109 Å². The molecule has 0 saturated carbocycles. The van der Waals surface area contributed by atoms with Crippen molar-refractivity contribution in [2.45, 2.75) is 37.5 Å². The average molecular weight is 420 g/mol. The van der Waals surface area contributed by atoms with Gasteiger partial charge < -0.3 is 15.1 Å². The van der Waals surface area contributed by atoms with Crippen LogP contribution in [-0.4, -0.2) is 44.2 Å². The number of nitrogens with zero attached hydrogens (tertiary/aromatic N) is 1. The van der Waals surface area contributed by atoms with Gasteiger partial charge in [-0.25, -0.2) is 8.42 Å². The lowest BCUT2D eigenvalue weighted by Crippen LogP contribution is -2.33. The van der Waals surface area contributed by atoms with Crippen molar-refractivity contribution in [2.24, 2.45) is 0 Å². The van der Waals surface area contributed by atoms with E-state index in [0.29, 0.717) is 29.9 Å². The molecule has 2 aromatic rings. The Kier molecular flexibility index (Phi) is 6.71. The summed E-state index contributed by atoms with van der Waals surface area (Å²) in [7, 11) is -3.63. The van der Waals surface area contributed by atoms with E-state index < -0.39 is 21.8 Å². The van der Waals surface area contributed by atoms with Crippen molar-refractivity contribution in [2.75, 3.05) is 25.0 Å². The van der Waals surface area contributed by atoms with Crippen molar-refractivity contribution >= 4 is 27.5 Å². The SMILES string of the molecule is Cc1ccc(NC(=O)CNC(=O)c2ccoc2)cc1S(=O)(=O)N1CCCCCC1. The number of hydrogen-bond donors (Lipinski definition) is 2. The predicted octanol–water partition coefficient (Wildman–Crippen LogP) is 2.52. The highest BCUT2D eigenvalue weighted by Gasteiger charge is 2.27. The fraction of sp³-hybridized carbons (Fsp3) is 0.400. The Morgan fingerprint density at radius 3 is 2.48 bits per heavy atom. The normalized spacial score (nSPS) is 15.5. The van der Waals surface area contributed by atoms with Gasteiger partial charge in [0.15, 0.2) is 0 Å². The molecule has 9 heteroatoms. The van der Waals surface area contributed by atoms with E-state index in [4.69, 9.17) is 4.42 Å². The number of hydrogen-bond acceptors (Lipinski definition) is 5. The molecule has 0 bridgehead atoms. The minimum atomic E-state index is -3.63. The fourth-order valence-corrected chi connectivity index (χ4v) is 5.01.